The second-order valence-corrected chi connectivity index (χ2v) is 4.94. The van der Waals surface area contributed by atoms with Gasteiger partial charge in [-0.1, -0.05) is 19.1 Å². The number of anilines is 1. The van der Waals surface area contributed by atoms with Crippen molar-refractivity contribution in [1.82, 2.24) is 9.78 Å². The Morgan fingerprint density at radius 3 is 2.47 bits per heavy atom. The number of nitrogens with two attached hydrogens (primary N) is 1. The van der Waals surface area contributed by atoms with Gasteiger partial charge in [0.2, 0.25) is 0 Å². The molecule has 0 amide bonds. The zero-order valence-corrected chi connectivity index (χ0v) is 11.9. The van der Waals surface area contributed by atoms with Crippen molar-refractivity contribution in [3.05, 3.63) is 47.8 Å². The fourth-order valence-corrected chi connectivity index (χ4v) is 2.16. The minimum absolute atomic E-state index is 0.120. The number of nitrogens with zero attached hydrogens (tertiary/aromatic N) is 3. The minimum Gasteiger partial charge on any atom is -0.378 e. The van der Waals surface area contributed by atoms with Crippen LogP contribution < -0.4 is 10.6 Å². The van der Waals surface area contributed by atoms with Gasteiger partial charge in [0, 0.05) is 32.5 Å². The van der Waals surface area contributed by atoms with Crippen molar-refractivity contribution >= 4 is 5.69 Å². The molecular weight excluding hydrogens is 236 g/mol. The summed E-state index contributed by atoms with van der Waals surface area (Å²) in [6.07, 6.45) is 2.88. The summed E-state index contributed by atoms with van der Waals surface area (Å²) in [5.74, 6) is 0. The quantitative estimate of drug-likeness (QED) is 0.896. The fraction of sp³-hybridized carbons (Fsp3) is 0.400. The zero-order chi connectivity index (χ0) is 13.8. The highest BCUT2D eigenvalue weighted by Crippen LogP contribution is 2.22. The molecule has 0 aliphatic rings. The van der Waals surface area contributed by atoms with Crippen molar-refractivity contribution in [1.29, 1.82) is 0 Å². The van der Waals surface area contributed by atoms with Crippen molar-refractivity contribution in [2.24, 2.45) is 5.73 Å². The average molecular weight is 258 g/mol. The lowest BCUT2D eigenvalue weighted by Crippen LogP contribution is -2.18. The maximum Gasteiger partial charge on any atom is 0.0723 e. The summed E-state index contributed by atoms with van der Waals surface area (Å²) < 4.78 is 1.99. The van der Waals surface area contributed by atoms with Gasteiger partial charge in [-0.05, 0) is 30.2 Å². The Bertz CT molecular complexity index is 513. The van der Waals surface area contributed by atoms with E-state index in [-0.39, 0.29) is 6.04 Å². The van der Waals surface area contributed by atoms with Crippen LogP contribution in [0.5, 0.6) is 0 Å². The topological polar surface area (TPSA) is 47.1 Å². The number of benzene rings is 1. The first-order valence-electron chi connectivity index (χ1n) is 6.68. The summed E-state index contributed by atoms with van der Waals surface area (Å²) in [6.45, 7) is 3.05. The van der Waals surface area contributed by atoms with Crippen molar-refractivity contribution in [2.75, 3.05) is 19.0 Å². The normalized spacial score (nSPS) is 12.4. The van der Waals surface area contributed by atoms with Gasteiger partial charge in [-0.15, -0.1) is 0 Å². The van der Waals surface area contributed by atoms with Gasteiger partial charge in [-0.25, -0.2) is 0 Å². The lowest BCUT2D eigenvalue weighted by atomic mass is 10.0. The molecule has 1 aromatic heterocycles. The van der Waals surface area contributed by atoms with Crippen LogP contribution in [0.15, 0.2) is 36.5 Å². The Hall–Kier alpha value is -1.81. The van der Waals surface area contributed by atoms with E-state index in [1.807, 2.05) is 31.0 Å². The van der Waals surface area contributed by atoms with E-state index in [9.17, 15) is 0 Å². The van der Waals surface area contributed by atoms with E-state index in [0.29, 0.717) is 0 Å². The monoisotopic (exact) mass is 258 g/mol. The van der Waals surface area contributed by atoms with Gasteiger partial charge in [-0.3, -0.25) is 4.68 Å². The summed E-state index contributed by atoms with van der Waals surface area (Å²) >= 11 is 0. The van der Waals surface area contributed by atoms with Gasteiger partial charge in [0.15, 0.2) is 0 Å². The summed E-state index contributed by atoms with van der Waals surface area (Å²) in [5.41, 5.74) is 9.71. The van der Waals surface area contributed by atoms with E-state index in [1.165, 1.54) is 5.69 Å². The Kier molecular flexibility index (Phi) is 4.22. The lowest BCUT2D eigenvalue weighted by Gasteiger charge is -2.17. The third-order valence-corrected chi connectivity index (χ3v) is 3.27. The SMILES string of the molecule is CCCn1nccc1C(N)c1ccc(N(C)C)cc1. The van der Waals surface area contributed by atoms with Crippen LogP contribution in [-0.2, 0) is 6.54 Å². The third-order valence-electron chi connectivity index (χ3n) is 3.27. The van der Waals surface area contributed by atoms with Crippen LogP contribution >= 0.6 is 0 Å². The molecule has 2 aromatic rings. The molecule has 0 saturated carbocycles. The molecule has 1 heterocycles. The molecule has 0 spiro atoms. The highest BCUT2D eigenvalue weighted by atomic mass is 15.3. The molecule has 0 fully saturated rings. The summed E-state index contributed by atoms with van der Waals surface area (Å²) in [4.78, 5) is 2.08. The second kappa shape index (κ2) is 5.89. The maximum absolute atomic E-state index is 6.34. The van der Waals surface area contributed by atoms with Gasteiger partial charge < -0.3 is 10.6 Å². The zero-order valence-electron chi connectivity index (χ0n) is 11.9. The molecule has 0 bridgehead atoms. The van der Waals surface area contributed by atoms with Crippen LogP contribution in [0.25, 0.3) is 0 Å². The first-order chi connectivity index (χ1) is 9.13. The maximum atomic E-state index is 6.34. The van der Waals surface area contributed by atoms with Gasteiger partial charge >= 0.3 is 0 Å². The summed E-state index contributed by atoms with van der Waals surface area (Å²) in [5, 5.41) is 4.33. The first kappa shape index (κ1) is 13.6. The predicted molar refractivity (Wildman–Crippen MR) is 79.3 cm³/mol. The number of rotatable bonds is 5. The number of hydrogen-bond donors (Lipinski definition) is 1. The highest BCUT2D eigenvalue weighted by molar-refractivity contribution is 5.47. The number of aryl methyl sites for hydroxylation is 1. The van der Waals surface area contributed by atoms with E-state index in [2.05, 4.69) is 41.2 Å². The first-order valence-corrected chi connectivity index (χ1v) is 6.68. The van der Waals surface area contributed by atoms with Crippen molar-refractivity contribution in [3.8, 4) is 0 Å². The van der Waals surface area contributed by atoms with Crippen molar-refractivity contribution in [2.45, 2.75) is 25.9 Å². The van der Waals surface area contributed by atoms with Crippen LogP contribution in [0.4, 0.5) is 5.69 Å². The molecule has 2 rings (SSSR count). The highest BCUT2D eigenvalue weighted by Gasteiger charge is 2.13. The van der Waals surface area contributed by atoms with Crippen molar-refractivity contribution < 1.29 is 0 Å². The Labute approximate surface area is 114 Å². The Balaban J connectivity index is 2.23. The molecule has 102 valence electrons. The van der Waals surface area contributed by atoms with Crippen LogP contribution in [0.2, 0.25) is 0 Å². The van der Waals surface area contributed by atoms with E-state index in [4.69, 9.17) is 5.73 Å². The molecule has 4 heteroatoms. The minimum atomic E-state index is -0.120. The molecule has 0 saturated heterocycles. The fourth-order valence-electron chi connectivity index (χ4n) is 2.16. The predicted octanol–water partition coefficient (Wildman–Crippen LogP) is 2.41. The molecule has 19 heavy (non-hydrogen) atoms. The van der Waals surface area contributed by atoms with E-state index in [0.717, 1.165) is 24.2 Å². The van der Waals surface area contributed by atoms with E-state index < -0.39 is 0 Å². The smallest absolute Gasteiger partial charge is 0.0723 e. The van der Waals surface area contributed by atoms with Gasteiger partial charge in [0.25, 0.3) is 0 Å². The van der Waals surface area contributed by atoms with Gasteiger partial charge in [0.1, 0.15) is 0 Å². The Morgan fingerprint density at radius 2 is 1.89 bits per heavy atom. The van der Waals surface area contributed by atoms with Crippen LogP contribution in [0.1, 0.15) is 30.6 Å². The molecular formula is C15H22N4. The molecule has 2 N–H and O–H groups in total. The molecule has 0 radical (unpaired) electrons. The molecule has 1 unspecified atom stereocenters. The number of aromatic nitrogens is 2. The van der Waals surface area contributed by atoms with Crippen LogP contribution in [0, 0.1) is 0 Å². The van der Waals surface area contributed by atoms with Crippen molar-refractivity contribution in [3.63, 3.8) is 0 Å². The average Bonchev–Trinajstić information content (AvgIpc) is 2.87. The molecule has 0 aliphatic heterocycles. The van der Waals surface area contributed by atoms with E-state index >= 15 is 0 Å². The lowest BCUT2D eigenvalue weighted by molar-refractivity contribution is 0.560. The second-order valence-electron chi connectivity index (χ2n) is 4.94. The van der Waals surface area contributed by atoms with Crippen LogP contribution in [-0.4, -0.2) is 23.9 Å². The van der Waals surface area contributed by atoms with Crippen LogP contribution in [0.3, 0.4) is 0 Å². The number of hydrogen-bond acceptors (Lipinski definition) is 3. The summed E-state index contributed by atoms with van der Waals surface area (Å²) in [6, 6.07) is 10.2. The van der Waals surface area contributed by atoms with E-state index in [1.54, 1.807) is 0 Å². The van der Waals surface area contributed by atoms with Gasteiger partial charge in [0.05, 0.1) is 11.7 Å². The largest absolute Gasteiger partial charge is 0.378 e. The third kappa shape index (κ3) is 2.96. The molecule has 0 aliphatic carbocycles. The standard InChI is InChI=1S/C15H22N4/c1-4-11-19-14(9-10-17-19)15(16)12-5-7-13(8-6-12)18(2)3/h5-10,15H,4,11,16H2,1-3H3. The molecule has 4 nitrogen and oxygen atoms in total. The molecule has 1 atom stereocenters. The van der Waals surface area contributed by atoms with Gasteiger partial charge in [-0.2, -0.15) is 5.10 Å². The summed E-state index contributed by atoms with van der Waals surface area (Å²) in [7, 11) is 4.07. The Morgan fingerprint density at radius 1 is 1.21 bits per heavy atom. The molecule has 1 aromatic carbocycles.